The lowest BCUT2D eigenvalue weighted by atomic mass is 10.3. The van der Waals surface area contributed by atoms with E-state index < -0.39 is 0 Å². The van der Waals surface area contributed by atoms with E-state index in [1.54, 1.807) is 11.3 Å². The van der Waals surface area contributed by atoms with E-state index in [-0.39, 0.29) is 0 Å². The van der Waals surface area contributed by atoms with Gasteiger partial charge in [-0.2, -0.15) is 0 Å². The van der Waals surface area contributed by atoms with E-state index in [0.717, 1.165) is 16.0 Å². The summed E-state index contributed by atoms with van der Waals surface area (Å²) in [5, 5.41) is 0. The van der Waals surface area contributed by atoms with Crippen molar-refractivity contribution >= 4 is 41.1 Å². The highest BCUT2D eigenvalue weighted by molar-refractivity contribution is 7.14. The van der Waals surface area contributed by atoms with Crippen molar-refractivity contribution in [2.75, 3.05) is 0 Å². The topological polar surface area (TPSA) is 17.1 Å². The Labute approximate surface area is 96.7 Å². The summed E-state index contributed by atoms with van der Waals surface area (Å²) in [6, 6.07) is 8.02. The van der Waals surface area contributed by atoms with Crippen molar-refractivity contribution in [1.82, 2.24) is 0 Å². The Balaban J connectivity index is 2.14. The number of carbonyl (C=O) groups is 1. The van der Waals surface area contributed by atoms with E-state index in [9.17, 15) is 4.79 Å². The van der Waals surface area contributed by atoms with Gasteiger partial charge in [0.2, 0.25) is 0 Å². The summed E-state index contributed by atoms with van der Waals surface area (Å²) < 4.78 is 0. The van der Waals surface area contributed by atoms with Crippen LogP contribution in [0.4, 0.5) is 0 Å². The molecule has 0 atom stereocenters. The zero-order chi connectivity index (χ0) is 10.7. The lowest BCUT2D eigenvalue weighted by Crippen LogP contribution is -1.62. The van der Waals surface area contributed by atoms with Crippen LogP contribution in [0.2, 0.25) is 0 Å². The van der Waals surface area contributed by atoms with Crippen molar-refractivity contribution in [3.8, 4) is 0 Å². The van der Waals surface area contributed by atoms with Crippen molar-refractivity contribution in [2.45, 2.75) is 6.92 Å². The molecule has 2 aromatic rings. The molecule has 0 unspecified atom stereocenters. The summed E-state index contributed by atoms with van der Waals surface area (Å²) in [6.07, 6.45) is 5.01. The Morgan fingerprint density at radius 2 is 1.53 bits per heavy atom. The Bertz CT molecular complexity index is 491. The highest BCUT2D eigenvalue weighted by Crippen LogP contribution is 2.21. The summed E-state index contributed by atoms with van der Waals surface area (Å²) in [5.41, 5.74) is 0. The van der Waals surface area contributed by atoms with E-state index in [1.165, 1.54) is 21.1 Å². The molecular weight excluding hydrogens is 224 g/mol. The largest absolute Gasteiger partial charge is 0.297 e. The molecule has 2 heterocycles. The first-order chi connectivity index (χ1) is 7.28. The Hall–Kier alpha value is -1.19. The van der Waals surface area contributed by atoms with Gasteiger partial charge in [-0.25, -0.2) is 0 Å². The molecule has 0 aliphatic heterocycles. The van der Waals surface area contributed by atoms with Gasteiger partial charge in [-0.3, -0.25) is 4.79 Å². The standard InChI is InChI=1S/C12H10OS2/c1-9-2-3-10(14-9)4-5-11-6-7-12(8-13)15-11/h2-8H,1H3/b5-4+. The summed E-state index contributed by atoms with van der Waals surface area (Å²) in [7, 11) is 0. The summed E-state index contributed by atoms with van der Waals surface area (Å²) in [4.78, 5) is 14.9. The number of hydrogen-bond donors (Lipinski definition) is 0. The average Bonchev–Trinajstić information content (AvgIpc) is 2.83. The molecule has 3 heteroatoms. The van der Waals surface area contributed by atoms with Crippen molar-refractivity contribution in [1.29, 1.82) is 0 Å². The third-order valence-corrected chi connectivity index (χ3v) is 3.88. The molecule has 0 spiro atoms. The molecule has 0 aliphatic carbocycles. The second kappa shape index (κ2) is 4.55. The van der Waals surface area contributed by atoms with Crippen molar-refractivity contribution in [3.63, 3.8) is 0 Å². The fourth-order valence-electron chi connectivity index (χ4n) is 1.23. The quantitative estimate of drug-likeness (QED) is 0.731. The molecule has 0 aliphatic rings. The number of hydrogen-bond acceptors (Lipinski definition) is 3. The zero-order valence-electron chi connectivity index (χ0n) is 8.27. The predicted molar refractivity (Wildman–Crippen MR) is 67.7 cm³/mol. The van der Waals surface area contributed by atoms with E-state index >= 15 is 0 Å². The van der Waals surface area contributed by atoms with Crippen molar-refractivity contribution < 1.29 is 4.79 Å². The van der Waals surface area contributed by atoms with Crippen LogP contribution in [0.15, 0.2) is 24.3 Å². The minimum absolute atomic E-state index is 0.775. The van der Waals surface area contributed by atoms with Gasteiger partial charge in [0, 0.05) is 14.6 Å². The molecule has 1 nitrogen and oxygen atoms in total. The van der Waals surface area contributed by atoms with Crippen LogP contribution in [-0.4, -0.2) is 6.29 Å². The van der Waals surface area contributed by atoms with E-state index in [1.807, 2.05) is 18.2 Å². The summed E-state index contributed by atoms with van der Waals surface area (Å²) in [6.45, 7) is 2.09. The minimum atomic E-state index is 0.775. The first-order valence-corrected chi connectivity index (χ1v) is 6.21. The van der Waals surface area contributed by atoms with Crippen LogP contribution < -0.4 is 0 Å². The number of rotatable bonds is 3. The molecule has 0 aromatic carbocycles. The van der Waals surface area contributed by atoms with Crippen LogP contribution in [0.3, 0.4) is 0 Å². The van der Waals surface area contributed by atoms with Gasteiger partial charge in [0.05, 0.1) is 4.88 Å². The molecule has 0 fully saturated rings. The van der Waals surface area contributed by atoms with Crippen LogP contribution in [0, 0.1) is 6.92 Å². The molecule has 0 saturated heterocycles. The molecule has 0 amide bonds. The Kier molecular flexibility index (Phi) is 3.14. The molecule has 2 rings (SSSR count). The molecular formula is C12H10OS2. The van der Waals surface area contributed by atoms with Gasteiger partial charge in [-0.1, -0.05) is 0 Å². The third-order valence-electron chi connectivity index (χ3n) is 1.94. The maximum Gasteiger partial charge on any atom is 0.160 e. The van der Waals surface area contributed by atoms with E-state index in [2.05, 4.69) is 25.1 Å². The monoisotopic (exact) mass is 234 g/mol. The maximum atomic E-state index is 10.5. The average molecular weight is 234 g/mol. The summed E-state index contributed by atoms with van der Waals surface area (Å²) >= 11 is 3.28. The lowest BCUT2D eigenvalue weighted by Gasteiger charge is -1.83. The number of aldehydes is 1. The van der Waals surface area contributed by atoms with Crippen LogP contribution in [0.1, 0.15) is 24.3 Å². The van der Waals surface area contributed by atoms with Crippen LogP contribution >= 0.6 is 22.7 Å². The maximum absolute atomic E-state index is 10.5. The summed E-state index contributed by atoms with van der Waals surface area (Å²) in [5.74, 6) is 0. The zero-order valence-corrected chi connectivity index (χ0v) is 9.90. The molecule has 0 saturated carbocycles. The predicted octanol–water partition coefficient (Wildman–Crippen LogP) is 4.10. The molecule has 0 radical (unpaired) electrons. The Morgan fingerprint density at radius 1 is 0.933 bits per heavy atom. The highest BCUT2D eigenvalue weighted by Gasteiger charge is 1.95. The van der Waals surface area contributed by atoms with Gasteiger partial charge in [0.25, 0.3) is 0 Å². The van der Waals surface area contributed by atoms with E-state index in [0.29, 0.717) is 0 Å². The number of thiophene rings is 2. The van der Waals surface area contributed by atoms with Gasteiger partial charge >= 0.3 is 0 Å². The normalized spacial score (nSPS) is 11.0. The van der Waals surface area contributed by atoms with Crippen LogP contribution in [-0.2, 0) is 0 Å². The fourth-order valence-corrected chi connectivity index (χ4v) is 2.74. The number of carbonyl (C=O) groups excluding carboxylic acids is 1. The Morgan fingerprint density at radius 3 is 2.07 bits per heavy atom. The first kappa shape index (κ1) is 10.3. The van der Waals surface area contributed by atoms with Gasteiger partial charge in [-0.05, 0) is 43.3 Å². The SMILES string of the molecule is Cc1ccc(/C=C/c2ccc(C=O)s2)s1. The lowest BCUT2D eigenvalue weighted by molar-refractivity contribution is 0.112. The fraction of sp³-hybridized carbons (Fsp3) is 0.0833. The van der Waals surface area contributed by atoms with Gasteiger partial charge in [-0.15, -0.1) is 22.7 Å². The van der Waals surface area contributed by atoms with Crippen molar-refractivity contribution in [3.05, 3.63) is 43.8 Å². The van der Waals surface area contributed by atoms with Crippen molar-refractivity contribution in [2.24, 2.45) is 0 Å². The minimum Gasteiger partial charge on any atom is -0.297 e. The second-order valence-corrected chi connectivity index (χ2v) is 5.61. The number of aryl methyl sites for hydroxylation is 1. The molecule has 2 aromatic heterocycles. The smallest absolute Gasteiger partial charge is 0.160 e. The second-order valence-electron chi connectivity index (χ2n) is 3.14. The van der Waals surface area contributed by atoms with Gasteiger partial charge in [0.1, 0.15) is 0 Å². The van der Waals surface area contributed by atoms with Crippen LogP contribution in [0.25, 0.3) is 12.2 Å². The molecule has 76 valence electrons. The highest BCUT2D eigenvalue weighted by atomic mass is 32.1. The van der Waals surface area contributed by atoms with E-state index in [4.69, 9.17) is 0 Å². The first-order valence-electron chi connectivity index (χ1n) is 4.57. The van der Waals surface area contributed by atoms with Gasteiger partial charge in [0.15, 0.2) is 6.29 Å². The van der Waals surface area contributed by atoms with Crippen LogP contribution in [0.5, 0.6) is 0 Å². The third kappa shape index (κ3) is 2.64. The van der Waals surface area contributed by atoms with Gasteiger partial charge < -0.3 is 0 Å². The molecule has 15 heavy (non-hydrogen) atoms. The molecule has 0 bridgehead atoms. The molecule has 0 N–H and O–H groups in total.